The quantitative estimate of drug-likeness (QED) is 0.584. The van der Waals surface area contributed by atoms with Crippen LogP contribution in [0.3, 0.4) is 0 Å². The van der Waals surface area contributed by atoms with Gasteiger partial charge in [0, 0.05) is 42.9 Å². The number of benzene rings is 1. The van der Waals surface area contributed by atoms with Gasteiger partial charge < -0.3 is 10.6 Å². The van der Waals surface area contributed by atoms with Gasteiger partial charge in [-0.1, -0.05) is 29.8 Å². The molecule has 1 aromatic carbocycles. The Morgan fingerprint density at radius 3 is 2.36 bits per heavy atom. The summed E-state index contributed by atoms with van der Waals surface area (Å²) in [7, 11) is 0. The molecule has 1 atom stereocenters. The predicted molar refractivity (Wildman–Crippen MR) is 111 cm³/mol. The Balaban J connectivity index is 1.59. The van der Waals surface area contributed by atoms with E-state index in [4.69, 9.17) is 11.6 Å². The fraction of sp³-hybridized carbons (Fsp3) is 0.227. The molecular formula is C22H23ClN4O. The first-order valence-corrected chi connectivity index (χ1v) is 9.64. The molecule has 0 bridgehead atoms. The molecule has 0 saturated carbocycles. The van der Waals surface area contributed by atoms with Gasteiger partial charge in [-0.15, -0.1) is 0 Å². The highest BCUT2D eigenvalue weighted by Crippen LogP contribution is 2.17. The van der Waals surface area contributed by atoms with Crippen LogP contribution in [-0.2, 0) is 17.6 Å². The average molecular weight is 395 g/mol. The number of carbonyl (C=O) groups is 1. The van der Waals surface area contributed by atoms with Crippen LogP contribution < -0.4 is 10.6 Å². The van der Waals surface area contributed by atoms with E-state index in [1.54, 1.807) is 30.7 Å². The summed E-state index contributed by atoms with van der Waals surface area (Å²) in [4.78, 5) is 21.0. The van der Waals surface area contributed by atoms with Crippen molar-refractivity contribution in [3.05, 3.63) is 95.0 Å². The molecule has 0 aliphatic carbocycles. The van der Waals surface area contributed by atoms with Crippen molar-refractivity contribution < 1.29 is 4.79 Å². The number of amides is 1. The summed E-state index contributed by atoms with van der Waals surface area (Å²) in [5, 5.41) is 7.03. The molecule has 0 saturated heterocycles. The van der Waals surface area contributed by atoms with E-state index in [2.05, 4.69) is 20.6 Å². The van der Waals surface area contributed by atoms with Gasteiger partial charge in [0.1, 0.15) is 6.04 Å². The number of carbonyl (C=O) groups excluding carboxylic acids is 1. The molecule has 28 heavy (non-hydrogen) atoms. The lowest BCUT2D eigenvalue weighted by Gasteiger charge is -2.19. The highest BCUT2D eigenvalue weighted by Gasteiger charge is 2.19. The molecule has 2 aromatic heterocycles. The maximum absolute atomic E-state index is 12.8. The van der Waals surface area contributed by atoms with Crippen molar-refractivity contribution in [3.63, 3.8) is 0 Å². The Morgan fingerprint density at radius 1 is 0.893 bits per heavy atom. The van der Waals surface area contributed by atoms with Gasteiger partial charge in [-0.05, 0) is 59.9 Å². The minimum absolute atomic E-state index is 0.0532. The van der Waals surface area contributed by atoms with Crippen molar-refractivity contribution in [3.8, 4) is 0 Å². The van der Waals surface area contributed by atoms with E-state index in [9.17, 15) is 4.79 Å². The SMILES string of the molecule is O=C(NCCc1ccncc1)C(NCCc1cccnc1)c1ccc(Cl)cc1. The monoisotopic (exact) mass is 394 g/mol. The van der Waals surface area contributed by atoms with Gasteiger partial charge in [0.2, 0.25) is 5.91 Å². The predicted octanol–water partition coefficient (Wildman–Crippen LogP) is 3.36. The molecule has 0 fully saturated rings. The van der Waals surface area contributed by atoms with Crippen LogP contribution >= 0.6 is 11.6 Å². The second kappa shape index (κ2) is 10.5. The third kappa shape index (κ3) is 6.15. The number of pyridine rings is 2. The summed E-state index contributed by atoms with van der Waals surface area (Å²) in [5.74, 6) is -0.0532. The molecule has 3 aromatic rings. The molecule has 0 aliphatic rings. The lowest BCUT2D eigenvalue weighted by atomic mass is 10.1. The van der Waals surface area contributed by atoms with Gasteiger partial charge in [-0.25, -0.2) is 0 Å². The molecule has 1 unspecified atom stereocenters. The van der Waals surface area contributed by atoms with Crippen LogP contribution in [0.4, 0.5) is 0 Å². The smallest absolute Gasteiger partial charge is 0.241 e. The van der Waals surface area contributed by atoms with Crippen molar-refractivity contribution in [2.75, 3.05) is 13.1 Å². The zero-order valence-corrected chi connectivity index (χ0v) is 16.3. The molecule has 2 N–H and O–H groups in total. The van der Waals surface area contributed by atoms with Gasteiger partial charge in [-0.2, -0.15) is 0 Å². The molecule has 0 spiro atoms. The normalized spacial score (nSPS) is 11.8. The van der Waals surface area contributed by atoms with E-state index in [-0.39, 0.29) is 5.91 Å². The highest BCUT2D eigenvalue weighted by molar-refractivity contribution is 6.30. The van der Waals surface area contributed by atoms with Crippen LogP contribution in [0.2, 0.25) is 5.02 Å². The van der Waals surface area contributed by atoms with E-state index in [0.29, 0.717) is 18.1 Å². The van der Waals surface area contributed by atoms with E-state index < -0.39 is 6.04 Å². The molecule has 2 heterocycles. The number of nitrogens with zero attached hydrogens (tertiary/aromatic N) is 2. The molecular weight excluding hydrogens is 372 g/mol. The summed E-state index contributed by atoms with van der Waals surface area (Å²) in [6.45, 7) is 1.23. The molecule has 0 radical (unpaired) electrons. The lowest BCUT2D eigenvalue weighted by molar-refractivity contribution is -0.123. The summed E-state index contributed by atoms with van der Waals surface area (Å²) in [6.07, 6.45) is 8.66. The average Bonchev–Trinajstić information content (AvgIpc) is 2.73. The Morgan fingerprint density at radius 2 is 1.64 bits per heavy atom. The second-order valence-corrected chi connectivity index (χ2v) is 6.88. The van der Waals surface area contributed by atoms with Crippen LogP contribution in [0, 0.1) is 0 Å². The zero-order chi connectivity index (χ0) is 19.6. The second-order valence-electron chi connectivity index (χ2n) is 6.45. The first kappa shape index (κ1) is 20.0. The maximum Gasteiger partial charge on any atom is 0.241 e. The van der Waals surface area contributed by atoms with Crippen LogP contribution in [0.1, 0.15) is 22.7 Å². The van der Waals surface area contributed by atoms with Crippen molar-refractivity contribution in [1.82, 2.24) is 20.6 Å². The standard InChI is InChI=1S/C22H23ClN4O/c23-20-5-3-19(4-6-20)21(26-14-10-18-2-1-11-25-16-18)22(28)27-15-9-17-7-12-24-13-8-17/h1-8,11-13,16,21,26H,9-10,14-15H2,(H,27,28). The summed E-state index contributed by atoms with van der Waals surface area (Å²) >= 11 is 6.00. The minimum atomic E-state index is -0.439. The molecule has 5 nitrogen and oxygen atoms in total. The Bertz CT molecular complexity index is 857. The van der Waals surface area contributed by atoms with E-state index in [1.807, 2.05) is 42.6 Å². The Labute approximate surface area is 170 Å². The molecule has 0 aliphatic heterocycles. The number of hydrogen-bond acceptors (Lipinski definition) is 4. The largest absolute Gasteiger partial charge is 0.354 e. The fourth-order valence-corrected chi connectivity index (χ4v) is 3.03. The summed E-state index contributed by atoms with van der Waals surface area (Å²) in [5.41, 5.74) is 3.16. The number of aromatic nitrogens is 2. The van der Waals surface area contributed by atoms with Crippen molar-refractivity contribution in [1.29, 1.82) is 0 Å². The van der Waals surface area contributed by atoms with Gasteiger partial charge >= 0.3 is 0 Å². The molecule has 6 heteroatoms. The number of rotatable bonds is 9. The topological polar surface area (TPSA) is 66.9 Å². The van der Waals surface area contributed by atoms with E-state index in [1.165, 1.54) is 0 Å². The van der Waals surface area contributed by atoms with Crippen LogP contribution in [0.25, 0.3) is 0 Å². The lowest BCUT2D eigenvalue weighted by Crippen LogP contribution is -2.39. The zero-order valence-electron chi connectivity index (χ0n) is 15.5. The van der Waals surface area contributed by atoms with Crippen LogP contribution in [-0.4, -0.2) is 29.0 Å². The van der Waals surface area contributed by atoms with E-state index >= 15 is 0 Å². The number of hydrogen-bond donors (Lipinski definition) is 2. The minimum Gasteiger partial charge on any atom is -0.354 e. The molecule has 1 amide bonds. The van der Waals surface area contributed by atoms with Crippen LogP contribution in [0.5, 0.6) is 0 Å². The van der Waals surface area contributed by atoms with Crippen molar-refractivity contribution in [2.45, 2.75) is 18.9 Å². The Hall–Kier alpha value is -2.76. The molecule has 3 rings (SSSR count). The third-order valence-electron chi connectivity index (χ3n) is 4.41. The van der Waals surface area contributed by atoms with Gasteiger partial charge in [0.15, 0.2) is 0 Å². The van der Waals surface area contributed by atoms with Crippen molar-refractivity contribution in [2.24, 2.45) is 0 Å². The van der Waals surface area contributed by atoms with Gasteiger partial charge in [0.05, 0.1) is 0 Å². The summed E-state index contributed by atoms with van der Waals surface area (Å²) < 4.78 is 0. The third-order valence-corrected chi connectivity index (χ3v) is 4.66. The first-order chi connectivity index (χ1) is 13.7. The Kier molecular flexibility index (Phi) is 7.53. The maximum atomic E-state index is 12.8. The van der Waals surface area contributed by atoms with Crippen LogP contribution in [0.15, 0.2) is 73.3 Å². The fourth-order valence-electron chi connectivity index (χ4n) is 2.91. The van der Waals surface area contributed by atoms with Crippen molar-refractivity contribution >= 4 is 17.5 Å². The van der Waals surface area contributed by atoms with Gasteiger partial charge in [0.25, 0.3) is 0 Å². The molecule has 144 valence electrons. The van der Waals surface area contributed by atoms with Gasteiger partial charge in [-0.3, -0.25) is 14.8 Å². The number of nitrogens with one attached hydrogen (secondary N) is 2. The summed E-state index contributed by atoms with van der Waals surface area (Å²) in [6, 6.07) is 14.8. The highest BCUT2D eigenvalue weighted by atomic mass is 35.5. The number of halogens is 1. The van der Waals surface area contributed by atoms with E-state index in [0.717, 1.165) is 29.5 Å². The first-order valence-electron chi connectivity index (χ1n) is 9.27.